The van der Waals surface area contributed by atoms with Crippen LogP contribution in [0.15, 0.2) is 0 Å². The Morgan fingerprint density at radius 1 is 1.42 bits per heavy atom. The lowest BCUT2D eigenvalue weighted by atomic mass is 10.2. The summed E-state index contributed by atoms with van der Waals surface area (Å²) >= 11 is 1.34. The average molecular weight is 281 g/mol. The third-order valence-corrected chi connectivity index (χ3v) is 4.97. The van der Waals surface area contributed by atoms with Gasteiger partial charge >= 0.3 is 5.97 Å². The van der Waals surface area contributed by atoms with Gasteiger partial charge in [0.25, 0.3) is 0 Å². The van der Waals surface area contributed by atoms with Crippen molar-refractivity contribution < 1.29 is 9.90 Å². The van der Waals surface area contributed by atoms with Gasteiger partial charge in [0.2, 0.25) is 0 Å². The number of anilines is 1. The molecule has 0 spiro atoms. The molecular weight excluding hydrogens is 262 g/mol. The number of likely N-dealkylation sites (N-methyl/N-ethyl adjacent to an activating group) is 1. The van der Waals surface area contributed by atoms with E-state index < -0.39 is 5.97 Å². The van der Waals surface area contributed by atoms with Crippen LogP contribution in [-0.4, -0.2) is 53.7 Å². The first-order valence-corrected chi connectivity index (χ1v) is 7.57. The van der Waals surface area contributed by atoms with E-state index in [4.69, 9.17) is 0 Å². The first kappa shape index (κ1) is 12.9. The normalized spacial score (nSPS) is 24.7. The van der Waals surface area contributed by atoms with Gasteiger partial charge in [-0.25, -0.2) is 9.78 Å². The number of hydrogen-bond donors (Lipinski definition) is 1. The molecule has 6 heteroatoms. The Morgan fingerprint density at radius 2 is 2.16 bits per heavy atom. The number of aromatic carboxylic acids is 1. The zero-order valence-electron chi connectivity index (χ0n) is 11.3. The first-order chi connectivity index (χ1) is 9.06. The number of carboxylic acid groups (broad SMARTS) is 1. The average Bonchev–Trinajstić information content (AvgIpc) is 3.09. The summed E-state index contributed by atoms with van der Waals surface area (Å²) in [7, 11) is 2.12. The number of piperazine rings is 1. The van der Waals surface area contributed by atoms with E-state index in [9.17, 15) is 9.90 Å². The van der Waals surface area contributed by atoms with Crippen molar-refractivity contribution in [1.29, 1.82) is 0 Å². The van der Waals surface area contributed by atoms with Gasteiger partial charge < -0.3 is 14.9 Å². The van der Waals surface area contributed by atoms with Gasteiger partial charge in [0.15, 0.2) is 5.13 Å². The summed E-state index contributed by atoms with van der Waals surface area (Å²) in [4.78, 5) is 21.0. The monoisotopic (exact) mass is 281 g/mol. The molecule has 5 nitrogen and oxygen atoms in total. The molecule has 1 aliphatic carbocycles. The summed E-state index contributed by atoms with van der Waals surface area (Å²) in [6.45, 7) is 5.11. The lowest BCUT2D eigenvalue weighted by Gasteiger charge is -2.38. The Morgan fingerprint density at radius 3 is 2.74 bits per heavy atom. The smallest absolute Gasteiger partial charge is 0.347 e. The topological polar surface area (TPSA) is 56.7 Å². The fourth-order valence-electron chi connectivity index (χ4n) is 2.65. The summed E-state index contributed by atoms with van der Waals surface area (Å²) in [5.74, 6) is -0.439. The molecular formula is C13H19N3O2S. The second-order valence-electron chi connectivity index (χ2n) is 5.59. The van der Waals surface area contributed by atoms with E-state index in [0.717, 1.165) is 43.3 Å². The van der Waals surface area contributed by atoms with Crippen LogP contribution < -0.4 is 4.90 Å². The van der Waals surface area contributed by atoms with Crippen LogP contribution in [0.3, 0.4) is 0 Å². The van der Waals surface area contributed by atoms with Crippen molar-refractivity contribution >= 4 is 22.4 Å². The van der Waals surface area contributed by atoms with Crippen molar-refractivity contribution in [2.24, 2.45) is 0 Å². The van der Waals surface area contributed by atoms with Crippen LogP contribution in [0.5, 0.6) is 0 Å². The van der Waals surface area contributed by atoms with Crippen molar-refractivity contribution in [3.8, 4) is 0 Å². The van der Waals surface area contributed by atoms with Gasteiger partial charge in [0, 0.05) is 31.6 Å². The molecule has 1 saturated carbocycles. The molecule has 1 saturated heterocycles. The molecule has 0 radical (unpaired) electrons. The number of carboxylic acids is 1. The van der Waals surface area contributed by atoms with Crippen LogP contribution in [0.4, 0.5) is 5.13 Å². The molecule has 2 aliphatic rings. The summed E-state index contributed by atoms with van der Waals surface area (Å²) in [5, 5.41) is 10.2. The first-order valence-electron chi connectivity index (χ1n) is 6.75. The van der Waals surface area contributed by atoms with E-state index >= 15 is 0 Å². The highest BCUT2D eigenvalue weighted by Gasteiger charge is 2.34. The molecule has 1 unspecified atom stereocenters. The molecule has 1 aromatic heterocycles. The van der Waals surface area contributed by atoms with E-state index in [1.54, 1.807) is 0 Å². The van der Waals surface area contributed by atoms with E-state index in [-0.39, 0.29) is 0 Å². The predicted molar refractivity (Wildman–Crippen MR) is 75.4 cm³/mol. The van der Waals surface area contributed by atoms with Crippen LogP contribution in [0.1, 0.15) is 41.0 Å². The van der Waals surface area contributed by atoms with Gasteiger partial charge in [-0.2, -0.15) is 0 Å². The summed E-state index contributed by atoms with van der Waals surface area (Å²) in [5.41, 5.74) is 0.818. The fraction of sp³-hybridized carbons (Fsp3) is 0.692. The highest BCUT2D eigenvalue weighted by atomic mass is 32.1. The quantitative estimate of drug-likeness (QED) is 0.916. The van der Waals surface area contributed by atoms with Crippen molar-refractivity contribution in [1.82, 2.24) is 9.88 Å². The van der Waals surface area contributed by atoms with E-state index in [0.29, 0.717) is 16.8 Å². The van der Waals surface area contributed by atoms with Crippen LogP contribution >= 0.6 is 11.3 Å². The molecule has 1 N–H and O–H groups in total. The van der Waals surface area contributed by atoms with Crippen molar-refractivity contribution in [2.75, 3.05) is 31.6 Å². The standard InChI is InChI=1S/C13H19N3O2S/c1-8-7-15(2)5-6-16(8)13-14-10(9-3-4-9)11(19-13)12(17)18/h8-9H,3-7H2,1-2H3,(H,17,18). The Kier molecular flexibility index (Phi) is 3.22. The molecule has 1 aromatic rings. The van der Waals surface area contributed by atoms with Gasteiger partial charge in [-0.1, -0.05) is 11.3 Å². The van der Waals surface area contributed by atoms with E-state index in [1.165, 1.54) is 11.3 Å². The molecule has 1 atom stereocenters. The lowest BCUT2D eigenvalue weighted by molar-refractivity contribution is 0.0700. The van der Waals surface area contributed by atoms with Gasteiger partial charge in [0.05, 0.1) is 5.69 Å². The molecule has 2 heterocycles. The second-order valence-corrected chi connectivity index (χ2v) is 6.57. The number of aromatic nitrogens is 1. The minimum atomic E-state index is -0.826. The largest absolute Gasteiger partial charge is 0.477 e. The molecule has 1 aliphatic heterocycles. The maximum Gasteiger partial charge on any atom is 0.347 e. The lowest BCUT2D eigenvalue weighted by Crippen LogP contribution is -2.50. The molecule has 0 amide bonds. The second kappa shape index (κ2) is 4.76. The maximum atomic E-state index is 11.3. The number of nitrogens with zero attached hydrogens (tertiary/aromatic N) is 3. The number of thiazole rings is 1. The van der Waals surface area contributed by atoms with Crippen LogP contribution in [0.2, 0.25) is 0 Å². The van der Waals surface area contributed by atoms with Crippen molar-refractivity contribution in [3.63, 3.8) is 0 Å². The fourth-order valence-corrected chi connectivity index (χ4v) is 3.77. The van der Waals surface area contributed by atoms with Gasteiger partial charge in [0.1, 0.15) is 4.88 Å². The zero-order chi connectivity index (χ0) is 13.6. The third kappa shape index (κ3) is 2.47. The van der Waals surface area contributed by atoms with Crippen molar-refractivity contribution in [2.45, 2.75) is 31.7 Å². The minimum absolute atomic E-state index is 0.388. The Hall–Kier alpha value is -1.14. The van der Waals surface area contributed by atoms with Gasteiger partial charge in [-0.05, 0) is 26.8 Å². The Balaban J connectivity index is 1.88. The molecule has 0 bridgehead atoms. The number of hydrogen-bond acceptors (Lipinski definition) is 5. The number of carbonyl (C=O) groups is 1. The van der Waals surface area contributed by atoms with Crippen LogP contribution in [-0.2, 0) is 0 Å². The van der Waals surface area contributed by atoms with E-state index in [2.05, 4.69) is 28.8 Å². The molecule has 2 fully saturated rings. The van der Waals surface area contributed by atoms with Gasteiger partial charge in [-0.3, -0.25) is 0 Å². The summed E-state index contributed by atoms with van der Waals surface area (Å²) < 4.78 is 0. The van der Waals surface area contributed by atoms with Crippen LogP contribution in [0, 0.1) is 0 Å². The predicted octanol–water partition coefficient (Wildman–Crippen LogP) is 1.86. The molecule has 19 heavy (non-hydrogen) atoms. The highest BCUT2D eigenvalue weighted by Crippen LogP contribution is 2.44. The van der Waals surface area contributed by atoms with Gasteiger partial charge in [-0.15, -0.1) is 0 Å². The summed E-state index contributed by atoms with van der Waals surface area (Å²) in [6, 6.07) is 0.388. The van der Waals surface area contributed by atoms with Crippen molar-refractivity contribution in [3.05, 3.63) is 10.6 Å². The SMILES string of the molecule is CC1CN(C)CCN1c1nc(C2CC2)c(C(=O)O)s1. The van der Waals surface area contributed by atoms with Crippen LogP contribution in [0.25, 0.3) is 0 Å². The zero-order valence-corrected chi connectivity index (χ0v) is 12.1. The molecule has 3 rings (SSSR count). The third-order valence-electron chi connectivity index (χ3n) is 3.88. The Bertz CT molecular complexity index is 498. The molecule has 104 valence electrons. The Labute approximate surface area is 116 Å². The minimum Gasteiger partial charge on any atom is -0.477 e. The molecule has 0 aromatic carbocycles. The summed E-state index contributed by atoms with van der Waals surface area (Å²) in [6.07, 6.45) is 2.17. The maximum absolute atomic E-state index is 11.3. The van der Waals surface area contributed by atoms with E-state index in [1.807, 2.05) is 0 Å². The highest BCUT2D eigenvalue weighted by molar-refractivity contribution is 7.17. The number of rotatable bonds is 3.